The van der Waals surface area contributed by atoms with E-state index in [-0.39, 0.29) is 4.00 Å². The van der Waals surface area contributed by atoms with Crippen LogP contribution < -0.4 is 0 Å². The van der Waals surface area contributed by atoms with Crippen molar-refractivity contribution < 1.29 is 43.9 Å². The summed E-state index contributed by atoms with van der Waals surface area (Å²) < 4.78 is 132. The highest BCUT2D eigenvalue weighted by Crippen LogP contribution is 2.74. The first kappa shape index (κ1) is 24.1. The van der Waals surface area contributed by atoms with E-state index in [4.69, 9.17) is 0 Å². The summed E-state index contributed by atoms with van der Waals surface area (Å²) in [7, 11) is -12.0. The molecule has 0 saturated carbocycles. The van der Waals surface area contributed by atoms with Crippen LogP contribution in [0.3, 0.4) is 0 Å². The number of nitrogens with zero attached hydrogens (tertiary/aromatic N) is 1. The number of halogens is 10. The fraction of sp³-hybridized carbons (Fsp3) is 1.00. The van der Waals surface area contributed by atoms with Crippen molar-refractivity contribution in [3.05, 3.63) is 0 Å². The van der Waals surface area contributed by atoms with E-state index in [2.05, 4.69) is 0 Å². The summed E-state index contributed by atoms with van der Waals surface area (Å²) >= 11 is 0. The quantitative estimate of drug-likeness (QED) is 0.268. The van der Waals surface area contributed by atoms with Gasteiger partial charge in [-0.05, 0) is 0 Å². The number of hydrogen-bond donors (Lipinski definition) is 0. The van der Waals surface area contributed by atoms with Gasteiger partial charge in [0.15, 0.2) is 0 Å². The number of alkyl halides is 10. The molecule has 0 heterocycles. The Morgan fingerprint density at radius 1 is 0.542 bits per heavy atom. The first-order valence-electron chi connectivity index (χ1n) is 6.48. The minimum Gasteiger partial charge on any atom is -0.314 e. The van der Waals surface area contributed by atoms with E-state index in [0.29, 0.717) is 0 Å². The van der Waals surface area contributed by atoms with Gasteiger partial charge < -0.3 is 4.00 Å². The zero-order valence-electron chi connectivity index (χ0n) is 13.7. The maximum atomic E-state index is 13.9. The number of hydrogen-bond acceptors (Lipinski definition) is 1. The van der Waals surface area contributed by atoms with Crippen molar-refractivity contribution in [1.82, 2.24) is 4.00 Å². The van der Waals surface area contributed by atoms with Crippen LogP contribution in [0.15, 0.2) is 0 Å². The molecule has 0 rings (SSSR count). The Hall–Kier alpha value is 0.124. The first-order chi connectivity index (χ1) is 9.99. The fourth-order valence-corrected chi connectivity index (χ4v) is 18.0. The maximum Gasteiger partial charge on any atom is 0.459 e. The minimum absolute atomic E-state index is 0.205. The predicted octanol–water partition coefficient (Wildman–Crippen LogP) is 6.67. The molecule has 146 valence electrons. The average Bonchev–Trinajstić information content (AvgIpc) is 2.17. The zero-order valence-corrected chi connectivity index (χ0v) is 16.6. The molecule has 0 saturated heterocycles. The van der Waals surface area contributed by atoms with Gasteiger partial charge in [-0.15, -0.1) is 0 Å². The Morgan fingerprint density at radius 2 is 0.750 bits per heavy atom. The third kappa shape index (κ3) is 4.64. The summed E-state index contributed by atoms with van der Waals surface area (Å²) in [6, 6.07) is 0. The van der Waals surface area contributed by atoms with Gasteiger partial charge in [-0.2, -0.15) is 43.9 Å². The van der Waals surface area contributed by atoms with E-state index in [1.807, 2.05) is 0 Å². The van der Waals surface area contributed by atoms with Crippen molar-refractivity contribution >= 4 is 24.5 Å². The molecule has 0 aromatic heterocycles. The molecule has 0 fully saturated rings. The van der Waals surface area contributed by atoms with Crippen LogP contribution in [0.4, 0.5) is 43.9 Å². The van der Waals surface area contributed by atoms with Crippen LogP contribution in [0.25, 0.3) is 0 Å². The van der Waals surface area contributed by atoms with Crippen molar-refractivity contribution in [3.8, 4) is 0 Å². The summed E-state index contributed by atoms with van der Waals surface area (Å²) in [6.45, 7) is 7.00. The molecule has 0 aliphatic heterocycles. The molecular weight excluding hydrogens is 411 g/mol. The largest absolute Gasteiger partial charge is 0.459 e. The Balaban J connectivity index is 6.79. The smallest absolute Gasteiger partial charge is 0.314 e. The standard InChI is InChI=1S/C10H18F10NPSi2/c1-23(2,3)21(24(4,5)6)22(9(17,18)7(11,12)13)10(19,20)8(14,15)16/h1-6H3. The van der Waals surface area contributed by atoms with Crippen molar-refractivity contribution in [3.63, 3.8) is 0 Å². The first-order valence-corrected chi connectivity index (χ1v) is 14.7. The van der Waals surface area contributed by atoms with Gasteiger partial charge in [0.2, 0.25) is 0 Å². The lowest BCUT2D eigenvalue weighted by Gasteiger charge is -2.52. The Morgan fingerprint density at radius 3 is 0.875 bits per heavy atom. The molecule has 0 amide bonds. The van der Waals surface area contributed by atoms with Crippen LogP contribution in [0, 0.1) is 0 Å². The highest BCUT2D eigenvalue weighted by molar-refractivity contribution is 7.62. The molecule has 24 heavy (non-hydrogen) atoms. The van der Waals surface area contributed by atoms with Crippen LogP contribution in [-0.4, -0.2) is 44.2 Å². The van der Waals surface area contributed by atoms with E-state index in [9.17, 15) is 43.9 Å². The lowest BCUT2D eigenvalue weighted by Crippen LogP contribution is -2.62. The second-order valence-electron chi connectivity index (χ2n) is 7.04. The summed E-state index contributed by atoms with van der Waals surface area (Å²) in [5, 5.41) is 0. The highest BCUT2D eigenvalue weighted by Gasteiger charge is 2.79. The second kappa shape index (κ2) is 6.38. The molecule has 0 N–H and O–H groups in total. The fourth-order valence-electron chi connectivity index (χ4n) is 2.27. The van der Waals surface area contributed by atoms with Gasteiger partial charge in [0.1, 0.15) is 24.5 Å². The average molecular weight is 429 g/mol. The van der Waals surface area contributed by atoms with Crippen molar-refractivity contribution in [2.45, 2.75) is 63.0 Å². The van der Waals surface area contributed by atoms with Crippen LogP contribution >= 0.6 is 8.07 Å². The van der Waals surface area contributed by atoms with E-state index in [0.717, 1.165) is 0 Å². The lowest BCUT2D eigenvalue weighted by molar-refractivity contribution is -0.263. The third-order valence-electron chi connectivity index (χ3n) is 2.68. The molecule has 0 bridgehead atoms. The molecule has 0 radical (unpaired) electrons. The van der Waals surface area contributed by atoms with E-state index in [1.54, 1.807) is 0 Å². The SMILES string of the molecule is C[Si](C)(C)N(P(C(F)(F)C(F)(F)F)C(F)(F)C(F)(F)F)[Si](C)(C)C. The van der Waals surface area contributed by atoms with Gasteiger partial charge in [0, 0.05) is 0 Å². The predicted molar refractivity (Wildman–Crippen MR) is 77.5 cm³/mol. The van der Waals surface area contributed by atoms with E-state index in [1.165, 1.54) is 39.3 Å². The van der Waals surface area contributed by atoms with Gasteiger partial charge in [-0.3, -0.25) is 0 Å². The van der Waals surface area contributed by atoms with Gasteiger partial charge in [-0.1, -0.05) is 39.3 Å². The van der Waals surface area contributed by atoms with Gasteiger partial charge >= 0.3 is 23.7 Å². The Labute approximate surface area is 136 Å². The van der Waals surface area contributed by atoms with Crippen molar-refractivity contribution in [2.24, 2.45) is 0 Å². The van der Waals surface area contributed by atoms with Gasteiger partial charge in [0.05, 0.1) is 0 Å². The van der Waals surface area contributed by atoms with Crippen LogP contribution in [-0.2, 0) is 0 Å². The highest BCUT2D eigenvalue weighted by atomic mass is 31.1. The van der Waals surface area contributed by atoms with E-state index >= 15 is 0 Å². The topological polar surface area (TPSA) is 3.24 Å². The van der Waals surface area contributed by atoms with Crippen LogP contribution in [0.1, 0.15) is 0 Å². The van der Waals surface area contributed by atoms with Crippen molar-refractivity contribution in [1.29, 1.82) is 0 Å². The Kier molecular flexibility index (Phi) is 6.41. The van der Waals surface area contributed by atoms with Crippen molar-refractivity contribution in [2.75, 3.05) is 0 Å². The summed E-state index contributed by atoms with van der Waals surface area (Å²) in [6.07, 6.45) is -13.0. The summed E-state index contributed by atoms with van der Waals surface area (Å²) in [5.41, 5.74) is -12.4. The molecular formula is C10H18F10NPSi2. The molecule has 0 spiro atoms. The molecule has 0 aromatic rings. The monoisotopic (exact) mass is 429 g/mol. The second-order valence-corrected chi connectivity index (χ2v) is 20.0. The molecule has 14 heteroatoms. The maximum absolute atomic E-state index is 13.9. The number of rotatable bonds is 5. The molecule has 0 aliphatic rings. The molecule has 0 aromatic carbocycles. The zero-order chi connectivity index (χ0) is 20.2. The normalized spacial score (nSPS) is 16.2. The molecule has 0 unspecified atom stereocenters. The third-order valence-corrected chi connectivity index (χ3v) is 16.0. The molecule has 0 atom stereocenters. The summed E-state index contributed by atoms with van der Waals surface area (Å²) in [4.78, 5) is 0. The molecule has 0 aliphatic carbocycles. The molecule has 1 nitrogen and oxygen atoms in total. The lowest BCUT2D eigenvalue weighted by atomic mass is 10.7. The van der Waals surface area contributed by atoms with Gasteiger partial charge in [0.25, 0.3) is 0 Å². The van der Waals surface area contributed by atoms with Gasteiger partial charge in [-0.25, -0.2) is 0 Å². The van der Waals surface area contributed by atoms with Crippen LogP contribution in [0.2, 0.25) is 39.3 Å². The van der Waals surface area contributed by atoms with E-state index < -0.39 is 48.2 Å². The minimum atomic E-state index is -6.52. The Bertz CT molecular complexity index is 409. The van der Waals surface area contributed by atoms with Crippen LogP contribution in [0.5, 0.6) is 0 Å². The summed E-state index contributed by atoms with van der Waals surface area (Å²) in [5.74, 6) is 0.